The third kappa shape index (κ3) is 4.73. The zero-order chi connectivity index (χ0) is 7.98. The van der Waals surface area contributed by atoms with E-state index in [1.54, 1.807) is 0 Å². The SMILES string of the molecule is O=C(O)C(Br)CCCCF. The number of hydrogen-bond acceptors (Lipinski definition) is 1. The molecule has 0 spiro atoms. The Bertz CT molecular complexity index is 108. The smallest absolute Gasteiger partial charge is 0.317 e. The highest BCUT2D eigenvalue weighted by molar-refractivity contribution is 9.10. The second-order valence-electron chi connectivity index (χ2n) is 1.99. The van der Waals surface area contributed by atoms with E-state index < -0.39 is 10.8 Å². The van der Waals surface area contributed by atoms with Crippen LogP contribution in [0, 0.1) is 0 Å². The maximum absolute atomic E-state index is 11.5. The molecule has 0 aliphatic heterocycles. The number of carboxylic acids is 1. The molecule has 0 fully saturated rings. The molecular formula is C6H10BrFO2. The van der Waals surface area contributed by atoms with Gasteiger partial charge in [-0.2, -0.15) is 0 Å². The highest BCUT2D eigenvalue weighted by atomic mass is 79.9. The lowest BCUT2D eigenvalue weighted by molar-refractivity contribution is -0.136. The van der Waals surface area contributed by atoms with Crippen molar-refractivity contribution in [2.24, 2.45) is 0 Å². The highest BCUT2D eigenvalue weighted by Crippen LogP contribution is 2.09. The van der Waals surface area contributed by atoms with Crippen LogP contribution in [0.2, 0.25) is 0 Å². The number of rotatable bonds is 5. The molecule has 1 atom stereocenters. The molecule has 0 heterocycles. The molecule has 0 amide bonds. The zero-order valence-electron chi connectivity index (χ0n) is 5.52. The summed E-state index contributed by atoms with van der Waals surface area (Å²) in [6.07, 6.45) is 1.58. The van der Waals surface area contributed by atoms with E-state index in [0.29, 0.717) is 19.3 Å². The molecule has 0 aromatic heterocycles. The molecule has 0 aromatic carbocycles. The summed E-state index contributed by atoms with van der Waals surface area (Å²) < 4.78 is 11.5. The van der Waals surface area contributed by atoms with Crippen LogP contribution in [0.1, 0.15) is 19.3 Å². The Morgan fingerprint density at radius 2 is 2.20 bits per heavy atom. The first-order chi connectivity index (χ1) is 4.68. The molecule has 1 N–H and O–H groups in total. The van der Waals surface area contributed by atoms with Crippen molar-refractivity contribution in [3.63, 3.8) is 0 Å². The number of halogens is 2. The van der Waals surface area contributed by atoms with Crippen molar-refractivity contribution in [3.8, 4) is 0 Å². The van der Waals surface area contributed by atoms with Gasteiger partial charge in [0.1, 0.15) is 4.83 Å². The van der Waals surface area contributed by atoms with E-state index in [9.17, 15) is 9.18 Å². The van der Waals surface area contributed by atoms with Crippen LogP contribution in [-0.2, 0) is 4.79 Å². The first-order valence-corrected chi connectivity index (χ1v) is 4.03. The minimum atomic E-state index is -0.876. The van der Waals surface area contributed by atoms with Gasteiger partial charge in [0.2, 0.25) is 0 Å². The van der Waals surface area contributed by atoms with Crippen molar-refractivity contribution in [2.75, 3.05) is 6.67 Å². The molecule has 0 rings (SSSR count). The third-order valence-corrected chi connectivity index (χ3v) is 1.96. The number of hydrogen-bond donors (Lipinski definition) is 1. The third-order valence-electron chi connectivity index (χ3n) is 1.11. The van der Waals surface area contributed by atoms with Crippen LogP contribution in [-0.4, -0.2) is 22.6 Å². The molecule has 0 bridgehead atoms. The van der Waals surface area contributed by atoms with Gasteiger partial charge in [0, 0.05) is 0 Å². The largest absolute Gasteiger partial charge is 0.480 e. The summed E-state index contributed by atoms with van der Waals surface area (Å²) in [4.78, 5) is 9.64. The molecule has 4 heteroatoms. The van der Waals surface area contributed by atoms with Crippen molar-refractivity contribution in [2.45, 2.75) is 24.1 Å². The number of carboxylic acid groups (broad SMARTS) is 1. The maximum Gasteiger partial charge on any atom is 0.317 e. The van der Waals surface area contributed by atoms with Crippen LogP contribution in [0.4, 0.5) is 4.39 Å². The monoisotopic (exact) mass is 212 g/mol. The molecule has 10 heavy (non-hydrogen) atoms. The molecule has 60 valence electrons. The molecule has 0 aromatic rings. The van der Waals surface area contributed by atoms with E-state index in [2.05, 4.69) is 15.9 Å². The van der Waals surface area contributed by atoms with Gasteiger partial charge in [-0.15, -0.1) is 0 Å². The molecule has 0 radical (unpaired) electrons. The Morgan fingerprint density at radius 1 is 1.60 bits per heavy atom. The average Bonchev–Trinajstić information content (AvgIpc) is 1.88. The van der Waals surface area contributed by atoms with Crippen LogP contribution in [0.3, 0.4) is 0 Å². The molecule has 0 aliphatic carbocycles. The predicted octanol–water partition coefficient (Wildman–Crippen LogP) is 1.97. The van der Waals surface area contributed by atoms with Gasteiger partial charge in [-0.05, 0) is 19.3 Å². The molecule has 1 unspecified atom stereocenters. The van der Waals surface area contributed by atoms with E-state index in [1.807, 2.05) is 0 Å². The van der Waals surface area contributed by atoms with Crippen LogP contribution >= 0.6 is 15.9 Å². The normalized spacial score (nSPS) is 13.0. The lowest BCUT2D eigenvalue weighted by Crippen LogP contribution is -2.11. The lowest BCUT2D eigenvalue weighted by Gasteiger charge is -2.00. The first-order valence-electron chi connectivity index (χ1n) is 3.11. The minimum Gasteiger partial charge on any atom is -0.480 e. The molecule has 0 saturated heterocycles. The standard InChI is InChI=1S/C6H10BrFO2/c7-5(6(9)10)3-1-2-4-8/h5H,1-4H2,(H,9,10). The summed E-state index contributed by atoms with van der Waals surface area (Å²) in [6, 6.07) is 0. The van der Waals surface area contributed by atoms with Crippen LogP contribution in [0.5, 0.6) is 0 Å². The van der Waals surface area contributed by atoms with Gasteiger partial charge in [0.05, 0.1) is 6.67 Å². The molecule has 2 nitrogen and oxygen atoms in total. The van der Waals surface area contributed by atoms with E-state index in [-0.39, 0.29) is 6.67 Å². The minimum absolute atomic E-state index is 0.362. The number of aliphatic carboxylic acids is 1. The van der Waals surface area contributed by atoms with E-state index in [4.69, 9.17) is 5.11 Å². The van der Waals surface area contributed by atoms with Gasteiger partial charge in [0.25, 0.3) is 0 Å². The van der Waals surface area contributed by atoms with Crippen LogP contribution in [0.15, 0.2) is 0 Å². The number of carbonyl (C=O) groups is 1. The summed E-state index contributed by atoms with van der Waals surface area (Å²) >= 11 is 2.95. The number of alkyl halides is 2. The number of unbranched alkanes of at least 4 members (excludes halogenated alkanes) is 1. The predicted molar refractivity (Wildman–Crippen MR) is 40.2 cm³/mol. The fourth-order valence-electron chi connectivity index (χ4n) is 0.542. The van der Waals surface area contributed by atoms with Crippen molar-refractivity contribution in [1.82, 2.24) is 0 Å². The van der Waals surface area contributed by atoms with Gasteiger partial charge in [-0.1, -0.05) is 15.9 Å². The summed E-state index contributed by atoms with van der Waals surface area (Å²) in [5, 5.41) is 8.34. The highest BCUT2D eigenvalue weighted by Gasteiger charge is 2.11. The Balaban J connectivity index is 3.21. The van der Waals surface area contributed by atoms with Gasteiger partial charge in [0.15, 0.2) is 0 Å². The van der Waals surface area contributed by atoms with Gasteiger partial charge >= 0.3 is 5.97 Å². The summed E-state index contributed by atoms with van der Waals surface area (Å²) in [5.41, 5.74) is 0. The van der Waals surface area contributed by atoms with Crippen LogP contribution in [0.25, 0.3) is 0 Å². The Morgan fingerprint density at radius 3 is 2.60 bits per heavy atom. The molecular weight excluding hydrogens is 203 g/mol. The van der Waals surface area contributed by atoms with E-state index in [1.165, 1.54) is 0 Å². The van der Waals surface area contributed by atoms with Crippen LogP contribution < -0.4 is 0 Å². The maximum atomic E-state index is 11.5. The van der Waals surface area contributed by atoms with Crippen molar-refractivity contribution >= 4 is 21.9 Å². The molecule has 0 saturated carbocycles. The first kappa shape index (κ1) is 9.88. The Kier molecular flexibility index (Phi) is 5.58. The Labute approximate surface area is 67.6 Å². The fourth-order valence-corrected chi connectivity index (χ4v) is 0.865. The second-order valence-corrected chi connectivity index (χ2v) is 3.10. The average molecular weight is 213 g/mol. The van der Waals surface area contributed by atoms with Gasteiger partial charge < -0.3 is 5.11 Å². The summed E-state index contributed by atoms with van der Waals surface area (Å²) in [5.74, 6) is -0.876. The van der Waals surface area contributed by atoms with Crippen molar-refractivity contribution in [3.05, 3.63) is 0 Å². The summed E-state index contributed by atoms with van der Waals surface area (Å²) in [7, 11) is 0. The fraction of sp³-hybridized carbons (Fsp3) is 0.833. The second kappa shape index (κ2) is 5.65. The zero-order valence-corrected chi connectivity index (χ0v) is 7.10. The van der Waals surface area contributed by atoms with Crippen molar-refractivity contribution < 1.29 is 14.3 Å². The van der Waals surface area contributed by atoms with Gasteiger partial charge in [-0.25, -0.2) is 0 Å². The Hall–Kier alpha value is -0.120. The molecule has 0 aliphatic rings. The van der Waals surface area contributed by atoms with E-state index >= 15 is 0 Å². The lowest BCUT2D eigenvalue weighted by atomic mass is 10.2. The quantitative estimate of drug-likeness (QED) is 0.559. The summed E-state index contributed by atoms with van der Waals surface area (Å²) in [6.45, 7) is -0.362. The topological polar surface area (TPSA) is 37.3 Å². The van der Waals surface area contributed by atoms with Crippen molar-refractivity contribution in [1.29, 1.82) is 0 Å². The van der Waals surface area contributed by atoms with Gasteiger partial charge in [-0.3, -0.25) is 9.18 Å². The van der Waals surface area contributed by atoms with E-state index in [0.717, 1.165) is 0 Å².